The molecule has 1 aromatic rings. The molecule has 0 aliphatic rings. The van der Waals surface area contributed by atoms with E-state index < -0.39 is 0 Å². The van der Waals surface area contributed by atoms with Crippen LogP contribution >= 0.6 is 12.4 Å². The third-order valence-electron chi connectivity index (χ3n) is 2.62. The molecule has 0 spiro atoms. The number of ether oxygens (including phenoxy) is 1. The lowest BCUT2D eigenvalue weighted by molar-refractivity contribution is -0.119. The highest BCUT2D eigenvalue weighted by Crippen LogP contribution is 2.07. The average molecular weight is 277 g/mol. The van der Waals surface area contributed by atoms with Crippen LogP contribution in [0.2, 0.25) is 0 Å². The number of halogens is 1. The number of carbonyl (C=O) groups excluding carboxylic acids is 1. The summed E-state index contributed by atoms with van der Waals surface area (Å²) < 4.78 is 6.66. The number of hydrogen-bond acceptors (Lipinski definition) is 4. The number of nitrogens with one attached hydrogen (secondary N) is 1. The molecule has 2 unspecified atom stereocenters. The first-order valence-electron chi connectivity index (χ1n) is 5.63. The summed E-state index contributed by atoms with van der Waals surface area (Å²) in [5.41, 5.74) is 5.66. The summed E-state index contributed by atoms with van der Waals surface area (Å²) in [6.07, 6.45) is 1.80. The van der Waals surface area contributed by atoms with Crippen molar-refractivity contribution in [2.24, 2.45) is 11.7 Å². The Morgan fingerprint density at radius 2 is 2.28 bits per heavy atom. The lowest BCUT2D eigenvalue weighted by atomic mass is 10.0. The van der Waals surface area contributed by atoms with Gasteiger partial charge < -0.3 is 15.8 Å². The Balaban J connectivity index is 0.00000289. The summed E-state index contributed by atoms with van der Waals surface area (Å²) in [4.78, 5) is 11.7. The minimum Gasteiger partial charge on any atom is -0.383 e. The molecule has 7 heteroatoms. The predicted octanol–water partition coefficient (Wildman–Crippen LogP) is 0.873. The van der Waals surface area contributed by atoms with Gasteiger partial charge in [-0.15, -0.1) is 12.4 Å². The average Bonchev–Trinajstić information content (AvgIpc) is 2.72. The highest BCUT2D eigenvalue weighted by atomic mass is 35.5. The standard InChI is InChI=1S/C11H20N4O2.ClH/c1-8(9(2)12)11(16)13-10-4-5-15(14-10)6-7-17-3;/h4-5,8-9H,6-7,12H2,1-3H3,(H,13,14,16);1H. The molecule has 0 aliphatic heterocycles. The van der Waals surface area contributed by atoms with Crippen LogP contribution in [-0.2, 0) is 16.1 Å². The topological polar surface area (TPSA) is 82.2 Å². The Kier molecular flexibility index (Phi) is 7.58. The Hall–Kier alpha value is -1.11. The molecular formula is C11H21ClN4O2. The number of rotatable bonds is 6. The first kappa shape index (κ1) is 16.9. The molecule has 104 valence electrons. The third-order valence-corrected chi connectivity index (χ3v) is 2.62. The molecule has 1 aromatic heterocycles. The fourth-order valence-electron chi connectivity index (χ4n) is 1.22. The van der Waals surface area contributed by atoms with E-state index in [4.69, 9.17) is 10.5 Å². The molecule has 0 aromatic carbocycles. The largest absolute Gasteiger partial charge is 0.383 e. The van der Waals surface area contributed by atoms with E-state index in [1.165, 1.54) is 0 Å². The summed E-state index contributed by atoms with van der Waals surface area (Å²) in [6.45, 7) is 4.85. The van der Waals surface area contributed by atoms with Crippen molar-refractivity contribution in [1.82, 2.24) is 9.78 Å². The first-order chi connectivity index (χ1) is 8.04. The Labute approximate surface area is 113 Å². The van der Waals surface area contributed by atoms with Crippen LogP contribution in [0.4, 0.5) is 5.82 Å². The maximum atomic E-state index is 11.7. The van der Waals surface area contributed by atoms with Gasteiger partial charge >= 0.3 is 0 Å². The fraction of sp³-hybridized carbons (Fsp3) is 0.636. The lowest BCUT2D eigenvalue weighted by Gasteiger charge is -2.13. The maximum Gasteiger partial charge on any atom is 0.229 e. The van der Waals surface area contributed by atoms with Crippen LogP contribution in [0.5, 0.6) is 0 Å². The van der Waals surface area contributed by atoms with Crippen LogP contribution in [0.15, 0.2) is 12.3 Å². The summed E-state index contributed by atoms with van der Waals surface area (Å²) >= 11 is 0. The number of nitrogens with two attached hydrogens (primary N) is 1. The third kappa shape index (κ3) is 5.03. The van der Waals surface area contributed by atoms with E-state index in [-0.39, 0.29) is 30.3 Å². The quantitative estimate of drug-likeness (QED) is 0.808. The Bertz CT molecular complexity index is 368. The molecule has 1 heterocycles. The van der Waals surface area contributed by atoms with E-state index in [0.717, 1.165) is 0 Å². The highest BCUT2D eigenvalue weighted by molar-refractivity contribution is 5.91. The van der Waals surface area contributed by atoms with Gasteiger partial charge in [0, 0.05) is 25.4 Å². The molecule has 1 rings (SSSR count). The van der Waals surface area contributed by atoms with E-state index in [9.17, 15) is 4.79 Å². The molecule has 18 heavy (non-hydrogen) atoms. The van der Waals surface area contributed by atoms with Crippen LogP contribution in [-0.4, -0.2) is 35.4 Å². The zero-order valence-corrected chi connectivity index (χ0v) is 11.7. The number of methoxy groups -OCH3 is 1. The fourth-order valence-corrected chi connectivity index (χ4v) is 1.22. The number of amides is 1. The summed E-state index contributed by atoms with van der Waals surface area (Å²) in [6, 6.07) is 1.58. The van der Waals surface area contributed by atoms with Gasteiger partial charge in [0.15, 0.2) is 5.82 Å². The minimum absolute atomic E-state index is 0. The monoisotopic (exact) mass is 276 g/mol. The summed E-state index contributed by atoms with van der Waals surface area (Å²) in [7, 11) is 1.64. The van der Waals surface area contributed by atoms with Crippen molar-refractivity contribution in [2.45, 2.75) is 26.4 Å². The van der Waals surface area contributed by atoms with Gasteiger partial charge in [0.25, 0.3) is 0 Å². The van der Waals surface area contributed by atoms with Crippen molar-refractivity contribution in [3.8, 4) is 0 Å². The number of carbonyl (C=O) groups is 1. The SMILES string of the molecule is COCCn1ccc(NC(=O)C(C)C(C)N)n1.Cl. The number of hydrogen-bond donors (Lipinski definition) is 2. The Morgan fingerprint density at radius 1 is 1.61 bits per heavy atom. The van der Waals surface area contributed by atoms with Gasteiger partial charge in [-0.25, -0.2) is 0 Å². The van der Waals surface area contributed by atoms with Crippen molar-refractivity contribution in [3.05, 3.63) is 12.3 Å². The van der Waals surface area contributed by atoms with E-state index in [1.807, 2.05) is 0 Å². The molecule has 0 bridgehead atoms. The molecule has 2 atom stereocenters. The van der Waals surface area contributed by atoms with Gasteiger partial charge in [0.05, 0.1) is 19.1 Å². The van der Waals surface area contributed by atoms with Crippen LogP contribution in [0.1, 0.15) is 13.8 Å². The lowest BCUT2D eigenvalue weighted by Crippen LogP contribution is -2.34. The van der Waals surface area contributed by atoms with Crippen molar-refractivity contribution < 1.29 is 9.53 Å². The molecular weight excluding hydrogens is 256 g/mol. The van der Waals surface area contributed by atoms with Crippen molar-refractivity contribution >= 4 is 24.1 Å². The van der Waals surface area contributed by atoms with Gasteiger partial charge in [-0.2, -0.15) is 5.10 Å². The molecule has 0 aliphatic carbocycles. The molecule has 1 amide bonds. The van der Waals surface area contributed by atoms with E-state index in [2.05, 4.69) is 10.4 Å². The maximum absolute atomic E-state index is 11.7. The van der Waals surface area contributed by atoms with Gasteiger partial charge in [-0.3, -0.25) is 9.48 Å². The molecule has 0 saturated carbocycles. The van der Waals surface area contributed by atoms with Gasteiger partial charge in [0.2, 0.25) is 5.91 Å². The second-order valence-corrected chi connectivity index (χ2v) is 4.09. The zero-order valence-electron chi connectivity index (χ0n) is 10.9. The van der Waals surface area contributed by atoms with Crippen LogP contribution < -0.4 is 11.1 Å². The predicted molar refractivity (Wildman–Crippen MR) is 72.8 cm³/mol. The molecule has 6 nitrogen and oxygen atoms in total. The van der Waals surface area contributed by atoms with Crippen molar-refractivity contribution in [2.75, 3.05) is 19.0 Å². The zero-order chi connectivity index (χ0) is 12.8. The van der Waals surface area contributed by atoms with Gasteiger partial charge in [-0.05, 0) is 6.92 Å². The van der Waals surface area contributed by atoms with Crippen molar-refractivity contribution in [1.29, 1.82) is 0 Å². The van der Waals surface area contributed by atoms with Crippen LogP contribution in [0.25, 0.3) is 0 Å². The second kappa shape index (κ2) is 8.07. The number of nitrogens with zero attached hydrogens (tertiary/aromatic N) is 2. The number of aromatic nitrogens is 2. The highest BCUT2D eigenvalue weighted by Gasteiger charge is 2.17. The summed E-state index contributed by atoms with van der Waals surface area (Å²) in [5.74, 6) is 0.190. The van der Waals surface area contributed by atoms with Crippen molar-refractivity contribution in [3.63, 3.8) is 0 Å². The van der Waals surface area contributed by atoms with Crippen LogP contribution in [0, 0.1) is 5.92 Å². The molecule has 0 fully saturated rings. The van der Waals surface area contributed by atoms with E-state index in [1.54, 1.807) is 37.9 Å². The smallest absolute Gasteiger partial charge is 0.229 e. The first-order valence-corrected chi connectivity index (χ1v) is 5.63. The van der Waals surface area contributed by atoms with Crippen LogP contribution in [0.3, 0.4) is 0 Å². The van der Waals surface area contributed by atoms with E-state index >= 15 is 0 Å². The summed E-state index contributed by atoms with van der Waals surface area (Å²) in [5, 5.41) is 6.92. The van der Waals surface area contributed by atoms with Gasteiger partial charge in [-0.1, -0.05) is 6.92 Å². The minimum atomic E-state index is -0.237. The van der Waals surface area contributed by atoms with Gasteiger partial charge in [0.1, 0.15) is 0 Å². The molecule has 0 saturated heterocycles. The number of anilines is 1. The normalized spacial score (nSPS) is 13.6. The Morgan fingerprint density at radius 3 is 2.83 bits per heavy atom. The molecule has 0 radical (unpaired) electrons. The second-order valence-electron chi connectivity index (χ2n) is 4.09. The van der Waals surface area contributed by atoms with E-state index in [0.29, 0.717) is 19.0 Å². The molecule has 3 N–H and O–H groups in total.